The number of rotatable bonds is 6. The number of anilines is 1. The van der Waals surface area contributed by atoms with Crippen molar-refractivity contribution in [1.29, 1.82) is 0 Å². The summed E-state index contributed by atoms with van der Waals surface area (Å²) in [5.41, 5.74) is 3.10. The van der Waals surface area contributed by atoms with E-state index in [1.165, 1.54) is 12.7 Å². The molecular weight excluding hydrogens is 382 g/mol. The first kappa shape index (κ1) is 21.0. The Labute approximate surface area is 178 Å². The van der Waals surface area contributed by atoms with Crippen LogP contribution in [-0.2, 0) is 16.0 Å². The van der Waals surface area contributed by atoms with E-state index >= 15 is 0 Å². The second kappa shape index (κ2) is 10.7. The van der Waals surface area contributed by atoms with Crippen LogP contribution in [0.1, 0.15) is 11.1 Å². The summed E-state index contributed by atoms with van der Waals surface area (Å²) < 4.78 is 4.70. The number of hydrogen-bond donors (Lipinski definition) is 2. The molecule has 5 nitrogen and oxygen atoms in total. The average Bonchev–Trinajstić information content (AvgIpc) is 2.76. The normalized spacial score (nSPS) is 14.7. The van der Waals surface area contributed by atoms with Gasteiger partial charge in [-0.2, -0.15) is 0 Å². The summed E-state index contributed by atoms with van der Waals surface area (Å²) in [7, 11) is 1.40. The van der Waals surface area contributed by atoms with Crippen LogP contribution in [-0.4, -0.2) is 55.8 Å². The summed E-state index contributed by atoms with van der Waals surface area (Å²) in [6, 6.07) is 18.1. The molecule has 0 unspecified atom stereocenters. The maximum Gasteiger partial charge on any atom is 0.309 e. The standard InChI is InChI=1S/C23H27N3O2S/c1-28-22(27)18-20-9-11-21(12-10-20)24-23(29)26-16-14-25(15-17-26)13-5-8-19-6-3-2-4-7-19/h2-12H,13-18H2,1H3,(H,24,29)/p+1/b8-5+. The van der Waals surface area contributed by atoms with E-state index < -0.39 is 0 Å². The third-order valence-corrected chi connectivity index (χ3v) is 5.42. The Bertz CT molecular complexity index is 829. The van der Waals surface area contributed by atoms with Crippen LogP contribution in [0.2, 0.25) is 0 Å². The molecule has 0 aromatic heterocycles. The SMILES string of the molecule is COC(=O)Cc1ccc(NC(=S)N2CC[NH+](C/C=C/c3ccccc3)CC2)cc1. The molecule has 1 aliphatic heterocycles. The van der Waals surface area contributed by atoms with Crippen LogP contribution >= 0.6 is 12.2 Å². The molecule has 0 amide bonds. The lowest BCUT2D eigenvalue weighted by Crippen LogP contribution is -3.14. The van der Waals surface area contributed by atoms with Gasteiger partial charge in [-0.25, -0.2) is 0 Å². The van der Waals surface area contributed by atoms with Gasteiger partial charge in [-0.1, -0.05) is 48.5 Å². The van der Waals surface area contributed by atoms with Gasteiger partial charge in [0.25, 0.3) is 0 Å². The number of carbonyl (C=O) groups is 1. The van der Waals surface area contributed by atoms with E-state index in [1.807, 2.05) is 30.3 Å². The van der Waals surface area contributed by atoms with Gasteiger partial charge in [-0.05, 0) is 41.6 Å². The quantitative estimate of drug-likeness (QED) is 0.564. The van der Waals surface area contributed by atoms with E-state index in [9.17, 15) is 4.79 Å². The monoisotopic (exact) mass is 410 g/mol. The molecule has 2 N–H and O–H groups in total. The molecule has 0 atom stereocenters. The van der Waals surface area contributed by atoms with Crippen LogP contribution in [0.5, 0.6) is 0 Å². The number of methoxy groups -OCH3 is 1. The molecule has 29 heavy (non-hydrogen) atoms. The largest absolute Gasteiger partial charge is 0.469 e. The number of esters is 1. The van der Waals surface area contributed by atoms with Crippen molar-refractivity contribution in [1.82, 2.24) is 4.90 Å². The highest BCUT2D eigenvalue weighted by atomic mass is 32.1. The molecule has 3 rings (SSSR count). The van der Waals surface area contributed by atoms with Crippen LogP contribution in [0.3, 0.4) is 0 Å². The predicted molar refractivity (Wildman–Crippen MR) is 121 cm³/mol. The van der Waals surface area contributed by atoms with Gasteiger partial charge in [-0.3, -0.25) is 4.79 Å². The summed E-state index contributed by atoms with van der Waals surface area (Å²) in [5.74, 6) is -0.236. The van der Waals surface area contributed by atoms with Crippen molar-refractivity contribution >= 4 is 35.1 Å². The van der Waals surface area contributed by atoms with Crippen LogP contribution < -0.4 is 10.2 Å². The van der Waals surface area contributed by atoms with Crippen molar-refractivity contribution < 1.29 is 14.4 Å². The molecule has 1 fully saturated rings. The van der Waals surface area contributed by atoms with Crippen LogP contribution in [0.25, 0.3) is 6.08 Å². The van der Waals surface area contributed by atoms with Crippen molar-refractivity contribution in [2.75, 3.05) is 45.2 Å². The maximum absolute atomic E-state index is 11.3. The van der Waals surface area contributed by atoms with Crippen LogP contribution in [0.4, 0.5) is 5.69 Å². The number of ether oxygens (including phenoxy) is 1. The highest BCUT2D eigenvalue weighted by Crippen LogP contribution is 2.11. The molecule has 0 radical (unpaired) electrons. The Hall–Kier alpha value is -2.70. The third kappa shape index (κ3) is 6.69. The molecule has 0 aliphatic carbocycles. The van der Waals surface area contributed by atoms with E-state index in [1.54, 1.807) is 4.90 Å². The smallest absolute Gasteiger partial charge is 0.309 e. The Balaban J connectivity index is 1.41. The summed E-state index contributed by atoms with van der Waals surface area (Å²) in [6.07, 6.45) is 4.73. The zero-order valence-electron chi connectivity index (χ0n) is 16.8. The summed E-state index contributed by atoms with van der Waals surface area (Å²) >= 11 is 5.58. The molecule has 0 saturated carbocycles. The van der Waals surface area contributed by atoms with Crippen LogP contribution in [0.15, 0.2) is 60.7 Å². The molecule has 1 heterocycles. The summed E-state index contributed by atoms with van der Waals surface area (Å²) in [6.45, 7) is 5.06. The van der Waals surface area contributed by atoms with Crippen molar-refractivity contribution in [2.45, 2.75) is 6.42 Å². The fourth-order valence-electron chi connectivity index (χ4n) is 3.30. The molecule has 0 bridgehead atoms. The van der Waals surface area contributed by atoms with Gasteiger partial charge in [0.05, 0.1) is 46.3 Å². The van der Waals surface area contributed by atoms with Gasteiger partial charge in [0.15, 0.2) is 5.11 Å². The zero-order chi connectivity index (χ0) is 20.5. The van der Waals surface area contributed by atoms with E-state index in [0.29, 0.717) is 0 Å². The van der Waals surface area contributed by atoms with Gasteiger partial charge in [0, 0.05) is 5.69 Å². The number of nitrogens with one attached hydrogen (secondary N) is 2. The highest BCUT2D eigenvalue weighted by Gasteiger charge is 2.20. The Morgan fingerprint density at radius 1 is 1.14 bits per heavy atom. The van der Waals surface area contributed by atoms with E-state index in [4.69, 9.17) is 17.0 Å². The number of carbonyl (C=O) groups excluding carboxylic acids is 1. The minimum absolute atomic E-state index is 0.236. The number of nitrogens with zero attached hydrogens (tertiary/aromatic N) is 1. The number of benzene rings is 2. The Morgan fingerprint density at radius 2 is 1.83 bits per heavy atom. The second-order valence-corrected chi connectivity index (χ2v) is 7.52. The van der Waals surface area contributed by atoms with E-state index in [-0.39, 0.29) is 12.4 Å². The van der Waals surface area contributed by atoms with Crippen LogP contribution in [0, 0.1) is 0 Å². The first-order chi connectivity index (χ1) is 14.1. The van der Waals surface area contributed by atoms with Crippen molar-refractivity contribution in [3.05, 3.63) is 71.8 Å². The van der Waals surface area contributed by atoms with Gasteiger partial charge in [-0.15, -0.1) is 0 Å². The van der Waals surface area contributed by atoms with Gasteiger partial charge in [0.2, 0.25) is 0 Å². The Kier molecular flexibility index (Phi) is 7.78. The molecule has 2 aromatic carbocycles. The van der Waals surface area contributed by atoms with Crippen molar-refractivity contribution in [2.24, 2.45) is 0 Å². The lowest BCUT2D eigenvalue weighted by molar-refractivity contribution is -0.897. The van der Waals surface area contributed by atoms with E-state index in [0.717, 1.165) is 49.1 Å². The molecular formula is C23H28N3O2S+. The zero-order valence-corrected chi connectivity index (χ0v) is 17.6. The molecule has 2 aromatic rings. The first-order valence-corrected chi connectivity index (χ1v) is 10.3. The Morgan fingerprint density at radius 3 is 2.48 bits per heavy atom. The maximum atomic E-state index is 11.3. The van der Waals surface area contributed by atoms with E-state index in [2.05, 4.69) is 46.6 Å². The first-order valence-electron chi connectivity index (χ1n) is 9.91. The predicted octanol–water partition coefficient (Wildman–Crippen LogP) is 2.01. The average molecular weight is 411 g/mol. The van der Waals surface area contributed by atoms with Crippen molar-refractivity contribution in [3.63, 3.8) is 0 Å². The second-order valence-electron chi connectivity index (χ2n) is 7.13. The molecule has 152 valence electrons. The molecule has 1 saturated heterocycles. The topological polar surface area (TPSA) is 46.0 Å². The number of quaternary nitrogens is 1. The van der Waals surface area contributed by atoms with Crippen molar-refractivity contribution in [3.8, 4) is 0 Å². The lowest BCUT2D eigenvalue weighted by Gasteiger charge is -2.33. The van der Waals surface area contributed by atoms with Gasteiger partial charge >= 0.3 is 5.97 Å². The van der Waals surface area contributed by atoms with Gasteiger partial charge in [0.1, 0.15) is 0 Å². The van der Waals surface area contributed by atoms with Gasteiger partial charge < -0.3 is 19.9 Å². The number of thiocarbonyl (C=S) groups is 1. The molecule has 1 aliphatic rings. The molecule has 0 spiro atoms. The fraction of sp³-hybridized carbons (Fsp3) is 0.304. The summed E-state index contributed by atoms with van der Waals surface area (Å²) in [4.78, 5) is 15.1. The molecule has 6 heteroatoms. The highest BCUT2D eigenvalue weighted by molar-refractivity contribution is 7.80. The third-order valence-electron chi connectivity index (χ3n) is 5.06. The minimum Gasteiger partial charge on any atom is -0.469 e. The minimum atomic E-state index is -0.236. The lowest BCUT2D eigenvalue weighted by atomic mass is 10.1. The number of piperazine rings is 1. The summed E-state index contributed by atoms with van der Waals surface area (Å²) in [5, 5.41) is 4.06. The number of hydrogen-bond acceptors (Lipinski definition) is 3. The fourth-order valence-corrected chi connectivity index (χ4v) is 3.60.